The van der Waals surface area contributed by atoms with Crippen molar-refractivity contribution in [3.63, 3.8) is 0 Å². The number of ketones is 1. The van der Waals surface area contributed by atoms with Crippen LogP contribution in [0.4, 0.5) is 14.5 Å². The second kappa shape index (κ2) is 18.3. The predicted molar refractivity (Wildman–Crippen MR) is 185 cm³/mol. The van der Waals surface area contributed by atoms with Crippen molar-refractivity contribution in [1.82, 2.24) is 5.32 Å². The first-order chi connectivity index (χ1) is 24.1. The normalized spacial score (nSPS) is 11.3. The summed E-state index contributed by atoms with van der Waals surface area (Å²) >= 11 is 0. The van der Waals surface area contributed by atoms with Gasteiger partial charge >= 0.3 is 5.97 Å². The van der Waals surface area contributed by atoms with E-state index in [9.17, 15) is 28.0 Å². The topological polar surface area (TPSA) is 120 Å². The quantitative estimate of drug-likeness (QED) is 0.0663. The molecule has 0 aromatic heterocycles. The minimum atomic E-state index is -1.00. The Morgan fingerprint density at radius 3 is 2.12 bits per heavy atom. The molecule has 0 bridgehead atoms. The van der Waals surface area contributed by atoms with Crippen molar-refractivity contribution in [3.05, 3.63) is 119 Å². The van der Waals surface area contributed by atoms with Crippen molar-refractivity contribution >= 4 is 29.3 Å². The van der Waals surface area contributed by atoms with Crippen LogP contribution in [0.1, 0.15) is 82.6 Å². The van der Waals surface area contributed by atoms with Gasteiger partial charge < -0.3 is 24.8 Å². The number of esters is 1. The fraction of sp³-hybridized carbons (Fsp3) is 0.282. The summed E-state index contributed by atoms with van der Waals surface area (Å²) in [5.41, 5.74) is 1.14. The largest absolute Gasteiger partial charge is 0.494 e. The standard InChI is InChI=1S/C39H40F2N2O7/c1-4-5-6-7-8-21-49-31-17-12-28(13-18-31)39(47)50-35-20-9-26(23-36(35)48-3)22-34(25(2)44)43-37(45)27-10-15-30(16-11-27)42-38(46)32-19-14-29(40)24-33(32)41/h9-20,23-24,34H,4-8,21-22H2,1-3H3,(H,42,46)(H,43,45). The maximum absolute atomic E-state index is 14.0. The number of Topliss-reactive ketones (excluding diaryl/α,β-unsaturated/α-hetero) is 1. The van der Waals surface area contributed by atoms with Crippen LogP contribution < -0.4 is 24.8 Å². The monoisotopic (exact) mass is 686 g/mol. The number of anilines is 1. The number of nitrogens with one attached hydrogen (secondary N) is 2. The van der Waals surface area contributed by atoms with Gasteiger partial charge in [-0.15, -0.1) is 0 Å². The molecular weight excluding hydrogens is 646 g/mol. The lowest BCUT2D eigenvalue weighted by atomic mass is 10.0. The van der Waals surface area contributed by atoms with Crippen molar-refractivity contribution in [1.29, 1.82) is 0 Å². The Labute approximate surface area is 289 Å². The zero-order valence-corrected chi connectivity index (χ0v) is 28.2. The Balaban J connectivity index is 1.33. The summed E-state index contributed by atoms with van der Waals surface area (Å²) in [6.07, 6.45) is 5.82. The molecule has 0 heterocycles. The number of rotatable bonds is 17. The third-order valence-corrected chi connectivity index (χ3v) is 7.85. The van der Waals surface area contributed by atoms with E-state index in [0.717, 1.165) is 25.0 Å². The minimum absolute atomic E-state index is 0.128. The molecular formula is C39H40F2N2O7. The molecule has 2 N–H and O–H groups in total. The van der Waals surface area contributed by atoms with Gasteiger partial charge in [-0.1, -0.05) is 38.7 Å². The average molecular weight is 687 g/mol. The summed E-state index contributed by atoms with van der Waals surface area (Å²) in [6, 6.07) is 19.1. The van der Waals surface area contributed by atoms with Gasteiger partial charge in [0, 0.05) is 17.3 Å². The van der Waals surface area contributed by atoms with Crippen LogP contribution in [0.15, 0.2) is 84.9 Å². The lowest BCUT2D eigenvalue weighted by Gasteiger charge is -2.17. The molecule has 9 nitrogen and oxygen atoms in total. The van der Waals surface area contributed by atoms with Gasteiger partial charge in [-0.25, -0.2) is 13.6 Å². The molecule has 0 aliphatic carbocycles. The first-order valence-electron chi connectivity index (χ1n) is 16.4. The molecule has 0 radical (unpaired) electrons. The van der Waals surface area contributed by atoms with E-state index in [1.54, 1.807) is 42.5 Å². The van der Waals surface area contributed by atoms with Gasteiger partial charge in [-0.3, -0.25) is 14.4 Å². The molecule has 4 aromatic carbocycles. The van der Waals surface area contributed by atoms with Gasteiger partial charge in [0.05, 0.1) is 30.9 Å². The van der Waals surface area contributed by atoms with Crippen molar-refractivity contribution in [2.75, 3.05) is 19.0 Å². The van der Waals surface area contributed by atoms with Gasteiger partial charge in [0.25, 0.3) is 11.8 Å². The maximum atomic E-state index is 14.0. The molecule has 50 heavy (non-hydrogen) atoms. The van der Waals surface area contributed by atoms with Crippen LogP contribution in [0.5, 0.6) is 17.2 Å². The van der Waals surface area contributed by atoms with Crippen LogP contribution in [0.2, 0.25) is 0 Å². The first kappa shape index (κ1) is 37.2. The van der Waals surface area contributed by atoms with Crippen molar-refractivity contribution in [2.45, 2.75) is 58.4 Å². The van der Waals surface area contributed by atoms with E-state index in [1.165, 1.54) is 57.6 Å². The number of halogens is 2. The fourth-order valence-electron chi connectivity index (χ4n) is 5.02. The van der Waals surface area contributed by atoms with Gasteiger partial charge in [-0.05, 0) is 98.1 Å². The molecule has 11 heteroatoms. The van der Waals surface area contributed by atoms with Crippen LogP contribution in [0, 0.1) is 11.6 Å². The molecule has 2 amide bonds. The highest BCUT2D eigenvalue weighted by molar-refractivity contribution is 6.05. The molecule has 262 valence electrons. The highest BCUT2D eigenvalue weighted by Gasteiger charge is 2.21. The third-order valence-electron chi connectivity index (χ3n) is 7.85. The lowest BCUT2D eigenvalue weighted by molar-refractivity contribution is -0.118. The van der Waals surface area contributed by atoms with Crippen LogP contribution in [0.3, 0.4) is 0 Å². The highest BCUT2D eigenvalue weighted by atomic mass is 19.1. The number of ether oxygens (including phenoxy) is 3. The second-order valence-corrected chi connectivity index (χ2v) is 11.7. The number of hydrogen-bond donors (Lipinski definition) is 2. The van der Waals surface area contributed by atoms with E-state index in [4.69, 9.17) is 14.2 Å². The van der Waals surface area contributed by atoms with Gasteiger partial charge in [0.2, 0.25) is 0 Å². The SMILES string of the molecule is CCCCCCCOc1ccc(C(=O)Oc2ccc(CC(NC(=O)c3ccc(NC(=O)c4ccc(F)cc4F)cc3)C(C)=O)cc2OC)cc1. The van der Waals surface area contributed by atoms with E-state index in [1.807, 2.05) is 0 Å². The van der Waals surface area contributed by atoms with Crippen LogP contribution in [-0.2, 0) is 11.2 Å². The van der Waals surface area contributed by atoms with Gasteiger partial charge in [0.15, 0.2) is 17.3 Å². The number of hydrogen-bond acceptors (Lipinski definition) is 7. The zero-order valence-electron chi connectivity index (χ0n) is 28.2. The molecule has 0 fully saturated rings. The van der Waals surface area contributed by atoms with Gasteiger partial charge in [0.1, 0.15) is 17.4 Å². The summed E-state index contributed by atoms with van der Waals surface area (Å²) in [4.78, 5) is 50.8. The molecule has 1 atom stereocenters. The van der Waals surface area contributed by atoms with Crippen LogP contribution in [0.25, 0.3) is 0 Å². The molecule has 0 saturated heterocycles. The first-order valence-corrected chi connectivity index (χ1v) is 16.4. The third kappa shape index (κ3) is 10.7. The summed E-state index contributed by atoms with van der Waals surface area (Å²) in [5, 5.41) is 5.21. The average Bonchev–Trinajstić information content (AvgIpc) is 3.10. The number of unbranched alkanes of at least 4 members (excludes halogenated alkanes) is 4. The number of carbonyl (C=O) groups is 4. The number of amides is 2. The Morgan fingerprint density at radius 1 is 0.760 bits per heavy atom. The smallest absolute Gasteiger partial charge is 0.343 e. The highest BCUT2D eigenvalue weighted by Crippen LogP contribution is 2.30. The van der Waals surface area contributed by atoms with E-state index >= 15 is 0 Å². The van der Waals surface area contributed by atoms with Crippen LogP contribution >= 0.6 is 0 Å². The van der Waals surface area contributed by atoms with E-state index in [-0.39, 0.29) is 40.5 Å². The maximum Gasteiger partial charge on any atom is 0.343 e. The molecule has 1 unspecified atom stereocenters. The Bertz CT molecular complexity index is 1790. The van der Waals surface area contributed by atoms with Crippen molar-refractivity contribution in [3.8, 4) is 17.2 Å². The molecule has 0 spiro atoms. The Morgan fingerprint density at radius 2 is 1.46 bits per heavy atom. The number of methoxy groups -OCH3 is 1. The number of benzene rings is 4. The second-order valence-electron chi connectivity index (χ2n) is 11.7. The van der Waals surface area contributed by atoms with Gasteiger partial charge in [-0.2, -0.15) is 0 Å². The lowest BCUT2D eigenvalue weighted by Crippen LogP contribution is -2.41. The number of carbonyl (C=O) groups excluding carboxylic acids is 4. The van der Waals surface area contributed by atoms with Crippen molar-refractivity contribution in [2.24, 2.45) is 0 Å². The van der Waals surface area contributed by atoms with E-state index in [2.05, 4.69) is 17.6 Å². The van der Waals surface area contributed by atoms with E-state index < -0.39 is 35.5 Å². The molecule has 4 aromatic rings. The van der Waals surface area contributed by atoms with E-state index in [0.29, 0.717) is 29.5 Å². The Kier molecular flexibility index (Phi) is 13.6. The zero-order chi connectivity index (χ0) is 36.0. The Hall–Kier alpha value is -5.58. The summed E-state index contributed by atoms with van der Waals surface area (Å²) < 4.78 is 43.9. The van der Waals surface area contributed by atoms with Crippen molar-refractivity contribution < 1.29 is 42.2 Å². The molecule has 0 saturated carbocycles. The fourth-order valence-corrected chi connectivity index (χ4v) is 5.02. The molecule has 0 aliphatic rings. The minimum Gasteiger partial charge on any atom is -0.494 e. The summed E-state index contributed by atoms with van der Waals surface area (Å²) in [6.45, 7) is 4.15. The summed E-state index contributed by atoms with van der Waals surface area (Å²) in [5.74, 6) is -2.86. The summed E-state index contributed by atoms with van der Waals surface area (Å²) in [7, 11) is 1.43. The van der Waals surface area contributed by atoms with Crippen LogP contribution in [-0.4, -0.2) is 43.3 Å². The molecule has 4 rings (SSSR count). The molecule has 0 aliphatic heterocycles. The predicted octanol–water partition coefficient (Wildman–Crippen LogP) is 7.72.